The Labute approximate surface area is 160 Å². The van der Waals surface area contributed by atoms with E-state index >= 15 is 0 Å². The first-order chi connectivity index (χ1) is 13.6. The topological polar surface area (TPSA) is 92.7 Å². The quantitative estimate of drug-likeness (QED) is 0.578. The van der Waals surface area contributed by atoms with Crippen LogP contribution in [0.4, 0.5) is 11.4 Å². The molecule has 0 spiro atoms. The van der Waals surface area contributed by atoms with Crippen molar-refractivity contribution >= 4 is 28.9 Å². The van der Waals surface area contributed by atoms with Crippen LogP contribution in [-0.2, 0) is 6.54 Å². The molecule has 0 aliphatic carbocycles. The van der Waals surface area contributed by atoms with Gasteiger partial charge in [0.2, 0.25) is 0 Å². The number of rotatable bonds is 5. The molecule has 140 valence electrons. The van der Waals surface area contributed by atoms with Gasteiger partial charge >= 0.3 is 5.97 Å². The standard InChI is InChI=1S/C20H17N5O3/c1-2-24-18(16(13-22-24)20(27)28)19(26)25(14-6-4-3-5-7-14)15-8-10-23-11-9-21-17(23)12-15/h3-13H,2H2,1H3,(H,27,28). The summed E-state index contributed by atoms with van der Waals surface area (Å²) >= 11 is 0. The number of pyridine rings is 1. The number of benzene rings is 1. The number of carboxylic acid groups (broad SMARTS) is 1. The second-order valence-corrected chi connectivity index (χ2v) is 6.08. The minimum atomic E-state index is -1.19. The van der Waals surface area contributed by atoms with Crippen molar-refractivity contribution < 1.29 is 14.7 Å². The summed E-state index contributed by atoms with van der Waals surface area (Å²) in [5, 5.41) is 13.6. The number of hydrogen-bond donors (Lipinski definition) is 1. The zero-order chi connectivity index (χ0) is 19.7. The summed E-state index contributed by atoms with van der Waals surface area (Å²) in [5.74, 6) is -1.67. The Morgan fingerprint density at radius 1 is 1.11 bits per heavy atom. The van der Waals surface area contributed by atoms with Gasteiger partial charge in [0.05, 0.1) is 11.9 Å². The highest BCUT2D eigenvalue weighted by atomic mass is 16.4. The maximum Gasteiger partial charge on any atom is 0.339 e. The lowest BCUT2D eigenvalue weighted by Crippen LogP contribution is -2.30. The van der Waals surface area contributed by atoms with E-state index in [4.69, 9.17) is 0 Å². The highest BCUT2D eigenvalue weighted by Gasteiger charge is 2.29. The molecule has 0 aliphatic heterocycles. The Bertz CT molecular complexity index is 1160. The third kappa shape index (κ3) is 2.90. The zero-order valence-corrected chi connectivity index (χ0v) is 15.1. The van der Waals surface area contributed by atoms with Gasteiger partial charge in [0, 0.05) is 36.9 Å². The van der Waals surface area contributed by atoms with E-state index in [1.807, 2.05) is 28.8 Å². The van der Waals surface area contributed by atoms with E-state index in [0.717, 1.165) is 0 Å². The number of hydrogen-bond acceptors (Lipinski definition) is 4. The van der Waals surface area contributed by atoms with Crippen molar-refractivity contribution in [2.75, 3.05) is 4.90 Å². The molecule has 3 heterocycles. The van der Waals surface area contributed by atoms with Gasteiger partial charge in [-0.25, -0.2) is 9.78 Å². The van der Waals surface area contributed by atoms with E-state index < -0.39 is 11.9 Å². The molecular formula is C20H17N5O3. The predicted molar refractivity (Wildman–Crippen MR) is 103 cm³/mol. The van der Waals surface area contributed by atoms with E-state index in [9.17, 15) is 14.7 Å². The second kappa shape index (κ2) is 6.99. The number of anilines is 2. The molecule has 0 atom stereocenters. The van der Waals surface area contributed by atoms with Gasteiger partial charge in [-0.05, 0) is 25.1 Å². The summed E-state index contributed by atoms with van der Waals surface area (Å²) in [5.41, 5.74) is 1.77. The van der Waals surface area contributed by atoms with Crippen LogP contribution >= 0.6 is 0 Å². The molecule has 3 aromatic heterocycles. The van der Waals surface area contributed by atoms with E-state index in [2.05, 4.69) is 10.1 Å². The smallest absolute Gasteiger partial charge is 0.339 e. The molecule has 0 aliphatic rings. The number of amides is 1. The largest absolute Gasteiger partial charge is 0.478 e. The highest BCUT2D eigenvalue weighted by molar-refractivity contribution is 6.14. The van der Waals surface area contributed by atoms with Crippen LogP contribution in [0.5, 0.6) is 0 Å². The first kappa shape index (κ1) is 17.5. The van der Waals surface area contributed by atoms with Gasteiger partial charge in [-0.1, -0.05) is 18.2 Å². The van der Waals surface area contributed by atoms with Gasteiger partial charge in [0.15, 0.2) is 0 Å². The SMILES string of the molecule is CCn1ncc(C(=O)O)c1C(=O)N(c1ccccc1)c1ccn2ccnc2c1. The van der Waals surface area contributed by atoms with Crippen LogP contribution in [0.1, 0.15) is 27.8 Å². The molecule has 8 nitrogen and oxygen atoms in total. The number of aromatic nitrogens is 4. The van der Waals surface area contributed by atoms with Gasteiger partial charge in [-0.3, -0.25) is 14.4 Å². The average Bonchev–Trinajstić information content (AvgIpc) is 3.35. The van der Waals surface area contributed by atoms with Crippen LogP contribution in [0.15, 0.2) is 67.3 Å². The summed E-state index contributed by atoms with van der Waals surface area (Å²) in [7, 11) is 0. The van der Waals surface area contributed by atoms with Crippen LogP contribution < -0.4 is 4.90 Å². The van der Waals surface area contributed by atoms with Crippen LogP contribution in [0.25, 0.3) is 5.65 Å². The molecule has 0 radical (unpaired) electrons. The predicted octanol–water partition coefficient (Wildman–Crippen LogP) is 3.23. The Morgan fingerprint density at radius 2 is 1.89 bits per heavy atom. The number of aryl methyl sites for hydroxylation is 1. The van der Waals surface area contributed by atoms with Crippen LogP contribution in [0.3, 0.4) is 0 Å². The minimum Gasteiger partial charge on any atom is -0.478 e. The van der Waals surface area contributed by atoms with E-state index in [-0.39, 0.29) is 11.3 Å². The number of imidazole rings is 1. The molecule has 0 bridgehead atoms. The number of carbonyl (C=O) groups is 2. The summed E-state index contributed by atoms with van der Waals surface area (Å²) in [6, 6.07) is 12.6. The molecule has 8 heteroatoms. The molecule has 4 rings (SSSR count). The van der Waals surface area contributed by atoms with Crippen molar-refractivity contribution in [3.63, 3.8) is 0 Å². The first-order valence-corrected chi connectivity index (χ1v) is 8.71. The molecule has 1 aromatic carbocycles. The van der Waals surface area contributed by atoms with Crippen LogP contribution in [0.2, 0.25) is 0 Å². The molecule has 0 saturated carbocycles. The third-order valence-corrected chi connectivity index (χ3v) is 4.43. The maximum absolute atomic E-state index is 13.6. The third-order valence-electron chi connectivity index (χ3n) is 4.43. The average molecular weight is 375 g/mol. The molecule has 1 N–H and O–H groups in total. The monoisotopic (exact) mass is 375 g/mol. The second-order valence-electron chi connectivity index (χ2n) is 6.08. The zero-order valence-electron chi connectivity index (χ0n) is 15.1. The highest BCUT2D eigenvalue weighted by Crippen LogP contribution is 2.29. The summed E-state index contributed by atoms with van der Waals surface area (Å²) in [6.45, 7) is 2.18. The number of aromatic carboxylic acids is 1. The molecular weight excluding hydrogens is 358 g/mol. The van der Waals surface area contributed by atoms with E-state index in [1.54, 1.807) is 43.6 Å². The number of fused-ring (bicyclic) bond motifs is 1. The Balaban J connectivity index is 1.90. The molecule has 1 amide bonds. The van der Waals surface area contributed by atoms with E-state index in [0.29, 0.717) is 23.6 Å². The van der Waals surface area contributed by atoms with Crippen molar-refractivity contribution in [3.8, 4) is 0 Å². The van der Waals surface area contributed by atoms with Crippen molar-refractivity contribution in [1.29, 1.82) is 0 Å². The fourth-order valence-corrected chi connectivity index (χ4v) is 3.11. The van der Waals surface area contributed by atoms with Gasteiger partial charge in [-0.2, -0.15) is 5.10 Å². The Hall–Kier alpha value is -3.94. The lowest BCUT2D eigenvalue weighted by Gasteiger charge is -2.23. The van der Waals surface area contributed by atoms with Gasteiger partial charge in [0.1, 0.15) is 16.9 Å². The van der Waals surface area contributed by atoms with Crippen LogP contribution in [-0.4, -0.2) is 36.1 Å². The summed E-state index contributed by atoms with van der Waals surface area (Å²) in [4.78, 5) is 31.0. The fourth-order valence-electron chi connectivity index (χ4n) is 3.11. The van der Waals surface area contributed by atoms with Crippen molar-refractivity contribution in [2.24, 2.45) is 0 Å². The minimum absolute atomic E-state index is 0.0297. The van der Waals surface area contributed by atoms with Gasteiger partial charge < -0.3 is 9.51 Å². The van der Waals surface area contributed by atoms with Crippen molar-refractivity contribution in [2.45, 2.75) is 13.5 Å². The summed E-state index contributed by atoms with van der Waals surface area (Å²) < 4.78 is 3.23. The molecule has 4 aromatic rings. The maximum atomic E-state index is 13.6. The molecule has 0 fully saturated rings. The Kier molecular flexibility index (Phi) is 4.36. The van der Waals surface area contributed by atoms with Crippen molar-refractivity contribution in [3.05, 3.63) is 78.5 Å². The number of nitrogens with zero attached hydrogens (tertiary/aromatic N) is 5. The summed E-state index contributed by atoms with van der Waals surface area (Å²) in [6.07, 6.45) is 6.49. The lowest BCUT2D eigenvalue weighted by molar-refractivity contribution is 0.0691. The molecule has 28 heavy (non-hydrogen) atoms. The van der Waals surface area contributed by atoms with Crippen molar-refractivity contribution in [1.82, 2.24) is 19.2 Å². The van der Waals surface area contributed by atoms with E-state index in [1.165, 1.54) is 15.8 Å². The molecule has 0 saturated heterocycles. The fraction of sp³-hybridized carbons (Fsp3) is 0.100. The first-order valence-electron chi connectivity index (χ1n) is 8.71. The number of para-hydroxylation sites is 1. The normalized spacial score (nSPS) is 10.9. The number of carbonyl (C=O) groups excluding carboxylic acids is 1. The molecule has 0 unspecified atom stereocenters. The van der Waals surface area contributed by atoms with Gasteiger partial charge in [-0.15, -0.1) is 0 Å². The lowest BCUT2D eigenvalue weighted by atomic mass is 10.1. The Morgan fingerprint density at radius 3 is 2.61 bits per heavy atom. The number of carboxylic acids is 1. The van der Waals surface area contributed by atoms with Gasteiger partial charge in [0.25, 0.3) is 5.91 Å². The van der Waals surface area contributed by atoms with Crippen LogP contribution in [0, 0.1) is 0 Å².